The highest BCUT2D eigenvalue weighted by Crippen LogP contribution is 2.10. The number of nitrogens with one attached hydrogen (secondary N) is 1. The summed E-state index contributed by atoms with van der Waals surface area (Å²) in [6, 6.07) is 3.64. The number of carbonyl (C=O) groups excluding carboxylic acids is 1. The van der Waals surface area contributed by atoms with E-state index in [0.29, 0.717) is 17.8 Å². The molecule has 1 aromatic rings. The molecule has 0 aliphatic carbocycles. The van der Waals surface area contributed by atoms with E-state index in [1.807, 2.05) is 6.07 Å². The number of aromatic nitrogens is 1. The van der Waals surface area contributed by atoms with E-state index >= 15 is 0 Å². The van der Waals surface area contributed by atoms with E-state index in [-0.39, 0.29) is 24.1 Å². The molecule has 2 heterocycles. The van der Waals surface area contributed by atoms with Crippen LogP contribution in [0.5, 0.6) is 0 Å². The summed E-state index contributed by atoms with van der Waals surface area (Å²) in [6.45, 7) is 4.59. The van der Waals surface area contributed by atoms with Crippen LogP contribution in [0.3, 0.4) is 0 Å². The van der Waals surface area contributed by atoms with Gasteiger partial charge in [0.2, 0.25) is 5.91 Å². The van der Waals surface area contributed by atoms with Crippen LogP contribution in [0.1, 0.15) is 29.7 Å². The maximum absolute atomic E-state index is 12.2. The number of nitriles is 1. The van der Waals surface area contributed by atoms with Gasteiger partial charge in [-0.3, -0.25) is 9.59 Å². The molecule has 0 saturated carbocycles. The van der Waals surface area contributed by atoms with Crippen molar-refractivity contribution in [2.75, 3.05) is 13.2 Å². The quantitative estimate of drug-likeness (QED) is 0.881. The van der Waals surface area contributed by atoms with Crippen LogP contribution in [0.25, 0.3) is 0 Å². The second kappa shape index (κ2) is 6.55. The lowest BCUT2D eigenvalue weighted by molar-refractivity contribution is -0.122. The highest BCUT2D eigenvalue weighted by Gasteiger charge is 2.17. The van der Waals surface area contributed by atoms with Crippen LogP contribution < -0.4 is 10.9 Å². The number of nitrogens with zero attached hydrogens (tertiary/aromatic N) is 2. The number of amides is 1. The van der Waals surface area contributed by atoms with E-state index in [9.17, 15) is 9.59 Å². The lowest BCUT2D eigenvalue weighted by Crippen LogP contribution is -2.37. The van der Waals surface area contributed by atoms with Crippen LogP contribution in [0.2, 0.25) is 0 Å². The number of pyridine rings is 1. The molecule has 1 N–H and O–H groups in total. The Bertz CT molecular complexity index is 637. The summed E-state index contributed by atoms with van der Waals surface area (Å²) in [5.74, 6) is -0.247. The van der Waals surface area contributed by atoms with Gasteiger partial charge in [0, 0.05) is 18.8 Å². The van der Waals surface area contributed by atoms with Gasteiger partial charge in [-0.1, -0.05) is 0 Å². The Hall–Kier alpha value is -2.13. The average molecular weight is 289 g/mol. The Kier molecular flexibility index (Phi) is 4.76. The Balaban J connectivity index is 2.07. The van der Waals surface area contributed by atoms with E-state index in [1.54, 1.807) is 19.9 Å². The first-order valence-corrected chi connectivity index (χ1v) is 7.02. The fourth-order valence-electron chi connectivity index (χ4n) is 2.49. The van der Waals surface area contributed by atoms with Gasteiger partial charge in [-0.05, 0) is 38.3 Å². The molecule has 1 aromatic heterocycles. The highest BCUT2D eigenvalue weighted by molar-refractivity contribution is 5.75. The summed E-state index contributed by atoms with van der Waals surface area (Å²) in [7, 11) is 0. The first-order chi connectivity index (χ1) is 10.0. The Morgan fingerprint density at radius 1 is 1.57 bits per heavy atom. The zero-order chi connectivity index (χ0) is 15.4. The molecule has 2 rings (SSSR count). The van der Waals surface area contributed by atoms with E-state index < -0.39 is 5.56 Å². The molecule has 0 spiro atoms. The number of ether oxygens (including phenoxy) is 1. The number of hydrogen-bond acceptors (Lipinski definition) is 4. The number of hydrogen-bond donors (Lipinski definition) is 1. The molecule has 6 heteroatoms. The van der Waals surface area contributed by atoms with E-state index in [0.717, 1.165) is 19.4 Å². The standard InChI is InChI=1S/C15H19N3O3/c1-10-6-11(2)18(15(20)13(10)7-16)9-14(19)17-8-12-4-3-5-21-12/h6,12H,3-5,8-9H2,1-2H3,(H,17,19). The molecule has 1 aliphatic heterocycles. The Morgan fingerprint density at radius 2 is 2.33 bits per heavy atom. The summed E-state index contributed by atoms with van der Waals surface area (Å²) in [6.07, 6.45) is 2.03. The van der Waals surface area contributed by atoms with Crippen molar-refractivity contribution in [2.45, 2.75) is 39.3 Å². The van der Waals surface area contributed by atoms with Crippen molar-refractivity contribution in [1.82, 2.24) is 9.88 Å². The SMILES string of the molecule is Cc1cc(C)n(CC(=O)NCC2CCCO2)c(=O)c1C#N. The molecular formula is C15H19N3O3. The smallest absolute Gasteiger partial charge is 0.269 e. The Morgan fingerprint density at radius 3 is 2.95 bits per heavy atom. The van der Waals surface area contributed by atoms with Crippen molar-refractivity contribution >= 4 is 5.91 Å². The van der Waals surface area contributed by atoms with Gasteiger partial charge >= 0.3 is 0 Å². The van der Waals surface area contributed by atoms with E-state index in [2.05, 4.69) is 5.32 Å². The van der Waals surface area contributed by atoms with Crippen molar-refractivity contribution in [2.24, 2.45) is 0 Å². The molecule has 21 heavy (non-hydrogen) atoms. The van der Waals surface area contributed by atoms with Gasteiger partial charge in [-0.2, -0.15) is 5.26 Å². The third kappa shape index (κ3) is 3.50. The fourth-order valence-corrected chi connectivity index (χ4v) is 2.49. The molecular weight excluding hydrogens is 270 g/mol. The first kappa shape index (κ1) is 15.3. The van der Waals surface area contributed by atoms with Gasteiger partial charge < -0.3 is 14.6 Å². The third-order valence-corrected chi connectivity index (χ3v) is 3.67. The lowest BCUT2D eigenvalue weighted by atomic mass is 10.1. The molecule has 1 atom stereocenters. The normalized spacial score (nSPS) is 17.5. The Labute approximate surface area is 123 Å². The molecule has 1 aliphatic rings. The molecule has 1 unspecified atom stereocenters. The van der Waals surface area contributed by atoms with E-state index in [1.165, 1.54) is 4.57 Å². The zero-order valence-corrected chi connectivity index (χ0v) is 12.3. The van der Waals surface area contributed by atoms with Gasteiger partial charge in [0.05, 0.1) is 6.10 Å². The highest BCUT2D eigenvalue weighted by atomic mass is 16.5. The van der Waals surface area contributed by atoms with Crippen LogP contribution in [-0.4, -0.2) is 29.7 Å². The lowest BCUT2D eigenvalue weighted by Gasteiger charge is -2.14. The molecule has 0 radical (unpaired) electrons. The average Bonchev–Trinajstić information content (AvgIpc) is 2.95. The van der Waals surface area contributed by atoms with Crippen molar-refractivity contribution in [3.63, 3.8) is 0 Å². The van der Waals surface area contributed by atoms with Gasteiger partial charge in [-0.15, -0.1) is 0 Å². The van der Waals surface area contributed by atoms with Crippen molar-refractivity contribution in [3.05, 3.63) is 33.2 Å². The predicted molar refractivity (Wildman–Crippen MR) is 76.9 cm³/mol. The van der Waals surface area contributed by atoms with Gasteiger partial charge in [0.1, 0.15) is 18.2 Å². The number of aryl methyl sites for hydroxylation is 2. The van der Waals surface area contributed by atoms with Crippen LogP contribution in [-0.2, 0) is 16.1 Å². The van der Waals surface area contributed by atoms with Crippen molar-refractivity contribution < 1.29 is 9.53 Å². The summed E-state index contributed by atoms with van der Waals surface area (Å²) in [5, 5.41) is 11.8. The van der Waals surface area contributed by atoms with Gasteiger partial charge in [-0.25, -0.2) is 0 Å². The van der Waals surface area contributed by atoms with Crippen LogP contribution in [0, 0.1) is 25.2 Å². The summed E-state index contributed by atoms with van der Waals surface area (Å²) in [5.41, 5.74) is 0.981. The topological polar surface area (TPSA) is 84.1 Å². The third-order valence-electron chi connectivity index (χ3n) is 3.67. The summed E-state index contributed by atoms with van der Waals surface area (Å²) in [4.78, 5) is 24.1. The minimum atomic E-state index is -0.415. The number of rotatable bonds is 4. The second-order valence-corrected chi connectivity index (χ2v) is 5.29. The minimum absolute atomic E-state index is 0.0689. The van der Waals surface area contributed by atoms with Crippen LogP contribution >= 0.6 is 0 Å². The van der Waals surface area contributed by atoms with Crippen molar-refractivity contribution in [3.8, 4) is 6.07 Å². The minimum Gasteiger partial charge on any atom is -0.376 e. The summed E-state index contributed by atoms with van der Waals surface area (Å²) < 4.78 is 6.76. The molecule has 1 fully saturated rings. The van der Waals surface area contributed by atoms with Crippen molar-refractivity contribution in [1.29, 1.82) is 5.26 Å². The van der Waals surface area contributed by atoms with E-state index in [4.69, 9.17) is 10.00 Å². The predicted octanol–water partition coefficient (Wildman–Crippen LogP) is 0.632. The largest absolute Gasteiger partial charge is 0.376 e. The van der Waals surface area contributed by atoms with Crippen LogP contribution in [0.15, 0.2) is 10.9 Å². The maximum atomic E-state index is 12.2. The second-order valence-electron chi connectivity index (χ2n) is 5.29. The molecule has 6 nitrogen and oxygen atoms in total. The molecule has 0 aromatic carbocycles. The zero-order valence-electron chi connectivity index (χ0n) is 12.3. The number of carbonyl (C=O) groups is 1. The van der Waals surface area contributed by atoms with Crippen LogP contribution in [0.4, 0.5) is 0 Å². The molecule has 0 bridgehead atoms. The molecule has 112 valence electrons. The van der Waals surface area contributed by atoms with Gasteiger partial charge in [0.15, 0.2) is 0 Å². The van der Waals surface area contributed by atoms with Gasteiger partial charge in [0.25, 0.3) is 5.56 Å². The fraction of sp³-hybridized carbons (Fsp3) is 0.533. The first-order valence-electron chi connectivity index (χ1n) is 7.02. The maximum Gasteiger partial charge on any atom is 0.269 e. The molecule has 1 amide bonds. The molecule has 1 saturated heterocycles. The summed E-state index contributed by atoms with van der Waals surface area (Å²) >= 11 is 0. The monoisotopic (exact) mass is 289 g/mol.